The third-order valence-electron chi connectivity index (χ3n) is 8.43. The molecule has 0 saturated heterocycles. The highest BCUT2D eigenvalue weighted by molar-refractivity contribution is 7.92. The van der Waals surface area contributed by atoms with Crippen LogP contribution < -0.4 is 9.46 Å². The minimum absolute atomic E-state index is 0.00791. The number of amides is 1. The van der Waals surface area contributed by atoms with Gasteiger partial charge in [0.05, 0.1) is 35.3 Å². The van der Waals surface area contributed by atoms with Crippen molar-refractivity contribution in [2.24, 2.45) is 5.92 Å². The topological polar surface area (TPSA) is 169 Å². The van der Waals surface area contributed by atoms with Crippen molar-refractivity contribution in [3.63, 3.8) is 0 Å². The van der Waals surface area contributed by atoms with Crippen LogP contribution in [-0.4, -0.2) is 93.8 Å². The van der Waals surface area contributed by atoms with E-state index < -0.39 is 44.0 Å². The number of carbonyl (C=O) groups is 1. The Bertz CT molecular complexity index is 1740. The Labute approximate surface area is 283 Å². The molecule has 0 spiro atoms. The maximum absolute atomic E-state index is 14.4. The molecule has 0 radical (unpaired) electrons. The molecule has 4 atom stereocenters. The lowest BCUT2D eigenvalue weighted by Gasteiger charge is -2.35. The minimum Gasteiger partial charge on any atom is -0.490 e. The van der Waals surface area contributed by atoms with Gasteiger partial charge in [0.2, 0.25) is 10.0 Å². The van der Waals surface area contributed by atoms with Crippen LogP contribution in [0.15, 0.2) is 62.8 Å². The number of aromatic nitrogens is 1. The summed E-state index contributed by atoms with van der Waals surface area (Å²) in [6.45, 7) is 8.66. The lowest BCUT2D eigenvalue weighted by Crippen LogP contribution is -2.48. The maximum atomic E-state index is 14.4. The molecule has 3 aromatic rings. The Morgan fingerprint density at radius 2 is 1.79 bits per heavy atom. The minimum atomic E-state index is -3.97. The van der Waals surface area contributed by atoms with Crippen molar-refractivity contribution in [2.75, 3.05) is 38.1 Å². The zero-order valence-electron chi connectivity index (χ0n) is 28.2. The first kappa shape index (κ1) is 37.3. The van der Waals surface area contributed by atoms with Gasteiger partial charge in [0.25, 0.3) is 15.9 Å². The van der Waals surface area contributed by atoms with E-state index in [0.29, 0.717) is 19.4 Å². The Hall–Kier alpha value is -3.50. The molecule has 15 heteroatoms. The molecular weight excluding hydrogens is 661 g/mol. The average Bonchev–Trinajstić information content (AvgIpc) is 3.40. The van der Waals surface area contributed by atoms with E-state index in [1.807, 2.05) is 13.8 Å². The molecule has 1 amide bonds. The van der Waals surface area contributed by atoms with Gasteiger partial charge in [0.15, 0.2) is 5.76 Å². The number of ether oxygens (including phenoxy) is 2. The van der Waals surface area contributed by atoms with Crippen molar-refractivity contribution in [3.05, 3.63) is 65.5 Å². The Morgan fingerprint density at radius 3 is 2.44 bits per heavy atom. The zero-order chi connectivity index (χ0) is 35.2. The highest BCUT2D eigenvalue weighted by Gasteiger charge is 2.34. The summed E-state index contributed by atoms with van der Waals surface area (Å²) in [5.74, 6) is -0.406. The number of fused-ring (bicyclic) bond motifs is 1. The summed E-state index contributed by atoms with van der Waals surface area (Å²) >= 11 is 0. The quantitative estimate of drug-likeness (QED) is 0.329. The van der Waals surface area contributed by atoms with E-state index in [2.05, 4.69) is 9.88 Å². The number of aryl methyl sites for hydroxylation is 2. The van der Waals surface area contributed by atoms with Crippen molar-refractivity contribution in [1.29, 1.82) is 0 Å². The number of nitrogens with zero attached hydrogens (tertiary/aromatic N) is 3. The highest BCUT2D eigenvalue weighted by Crippen LogP contribution is 2.30. The first-order chi connectivity index (χ1) is 22.6. The number of hydrogen-bond donors (Lipinski definition) is 2. The predicted octanol–water partition coefficient (Wildman–Crippen LogP) is 4.21. The zero-order valence-corrected chi connectivity index (χ0v) is 29.9. The third-order valence-corrected chi connectivity index (χ3v) is 11.9. The SMILES string of the molecule is Cc1noc(C)c1S(=O)(=O)N(C)C[C@H]1OCCCC[C@H](C)Oc2ccc(NS(=O)(=O)c3ccccc3)cc2C(=O)N([C@@H](C)CO)C[C@@H]1C. The standard InChI is InChI=1S/C33H46N4O9S2/c1-22-19-37(23(2)21-38)33(39)29-18-27(35-47(40,41)28-13-8-7-9-14-28)15-16-30(29)45-24(3)12-10-11-17-44-31(22)20-36(6)48(42,43)32-25(4)34-46-26(32)5/h7-9,13-16,18,22-24,31,35,38H,10-12,17,19-21H2,1-6H3/t22-,23-,24-,31+/m0/s1. The monoisotopic (exact) mass is 706 g/mol. The summed E-state index contributed by atoms with van der Waals surface area (Å²) in [4.78, 5) is 15.9. The fraction of sp³-hybridized carbons (Fsp3) is 0.515. The third kappa shape index (κ3) is 8.74. The molecule has 1 aliphatic heterocycles. The Kier molecular flexibility index (Phi) is 12.3. The van der Waals surface area contributed by atoms with E-state index in [1.54, 1.807) is 51.1 Å². The molecule has 2 heterocycles. The molecule has 1 aliphatic rings. The summed E-state index contributed by atoms with van der Waals surface area (Å²) in [6, 6.07) is 11.8. The number of aliphatic hydroxyl groups excluding tert-OH is 1. The van der Waals surface area contributed by atoms with Crippen LogP contribution >= 0.6 is 0 Å². The van der Waals surface area contributed by atoms with Crippen LogP contribution in [-0.2, 0) is 24.8 Å². The van der Waals surface area contributed by atoms with E-state index in [0.717, 1.165) is 6.42 Å². The molecular formula is C33H46N4O9S2. The molecule has 2 N–H and O–H groups in total. The van der Waals surface area contributed by atoms with Crippen LogP contribution in [0.2, 0.25) is 0 Å². The summed E-state index contributed by atoms with van der Waals surface area (Å²) in [5, 5.41) is 14.0. The lowest BCUT2D eigenvalue weighted by atomic mass is 10.0. The van der Waals surface area contributed by atoms with Crippen LogP contribution in [0.4, 0.5) is 5.69 Å². The average molecular weight is 707 g/mol. The van der Waals surface area contributed by atoms with Crippen molar-refractivity contribution in [1.82, 2.24) is 14.4 Å². The second kappa shape index (κ2) is 15.8. The number of carbonyl (C=O) groups excluding carboxylic acids is 1. The van der Waals surface area contributed by atoms with Gasteiger partial charge in [-0.1, -0.05) is 30.3 Å². The number of hydrogen-bond acceptors (Lipinski definition) is 10. The predicted molar refractivity (Wildman–Crippen MR) is 180 cm³/mol. The van der Waals surface area contributed by atoms with E-state index in [9.17, 15) is 26.7 Å². The van der Waals surface area contributed by atoms with Crippen molar-refractivity contribution < 1.29 is 40.7 Å². The Morgan fingerprint density at radius 1 is 1.08 bits per heavy atom. The molecule has 2 aromatic carbocycles. The number of nitrogens with one attached hydrogen (secondary N) is 1. The molecule has 264 valence electrons. The number of sulfonamides is 2. The second-order valence-corrected chi connectivity index (χ2v) is 16.0. The second-order valence-electron chi connectivity index (χ2n) is 12.4. The number of rotatable bonds is 9. The van der Waals surface area contributed by atoms with Crippen molar-refractivity contribution in [3.8, 4) is 5.75 Å². The van der Waals surface area contributed by atoms with Gasteiger partial charge in [0.1, 0.15) is 16.3 Å². The molecule has 0 fully saturated rings. The van der Waals surface area contributed by atoms with E-state index in [1.165, 1.54) is 34.5 Å². The Balaban J connectivity index is 1.69. The van der Waals surface area contributed by atoms with Crippen LogP contribution in [0.25, 0.3) is 0 Å². The molecule has 13 nitrogen and oxygen atoms in total. The number of aliphatic hydroxyl groups is 1. The van der Waals surface area contributed by atoms with Crippen molar-refractivity contribution >= 4 is 31.6 Å². The number of benzene rings is 2. The highest BCUT2D eigenvalue weighted by atomic mass is 32.2. The largest absolute Gasteiger partial charge is 0.490 e. The van der Waals surface area contributed by atoms with E-state index in [4.69, 9.17) is 14.0 Å². The first-order valence-electron chi connectivity index (χ1n) is 16.0. The normalized spacial score (nSPS) is 20.9. The van der Waals surface area contributed by atoms with Gasteiger partial charge in [-0.2, -0.15) is 4.31 Å². The van der Waals surface area contributed by atoms with E-state index >= 15 is 0 Å². The van der Waals surface area contributed by atoms with Gasteiger partial charge in [-0.15, -0.1) is 0 Å². The molecule has 0 saturated carbocycles. The molecule has 0 bridgehead atoms. The van der Waals surface area contributed by atoms with Gasteiger partial charge >= 0.3 is 0 Å². The lowest BCUT2D eigenvalue weighted by molar-refractivity contribution is -0.00835. The van der Waals surface area contributed by atoms with Crippen LogP contribution in [0, 0.1) is 19.8 Å². The molecule has 4 rings (SSSR count). The van der Waals surface area contributed by atoms with Gasteiger partial charge in [0, 0.05) is 38.3 Å². The van der Waals surface area contributed by atoms with Gasteiger partial charge < -0.3 is 24.0 Å². The van der Waals surface area contributed by atoms with E-state index in [-0.39, 0.29) is 64.0 Å². The molecule has 0 aliphatic carbocycles. The van der Waals surface area contributed by atoms with Gasteiger partial charge in [-0.3, -0.25) is 9.52 Å². The maximum Gasteiger partial charge on any atom is 0.261 e. The van der Waals surface area contributed by atoms with Crippen molar-refractivity contribution in [2.45, 2.75) is 81.9 Å². The van der Waals surface area contributed by atoms with Crippen LogP contribution in [0.5, 0.6) is 5.75 Å². The van der Waals surface area contributed by atoms with Crippen LogP contribution in [0.3, 0.4) is 0 Å². The fourth-order valence-corrected chi connectivity index (χ4v) is 8.15. The number of anilines is 1. The van der Waals surface area contributed by atoms with Gasteiger partial charge in [-0.05, 0) is 77.3 Å². The fourth-order valence-electron chi connectivity index (χ4n) is 5.61. The molecule has 0 unspecified atom stereocenters. The number of likely N-dealkylation sites (N-methyl/N-ethyl adjacent to an activating group) is 1. The summed E-state index contributed by atoms with van der Waals surface area (Å²) in [5.41, 5.74) is 0.545. The first-order valence-corrected chi connectivity index (χ1v) is 18.9. The molecule has 48 heavy (non-hydrogen) atoms. The smallest absolute Gasteiger partial charge is 0.261 e. The summed E-state index contributed by atoms with van der Waals surface area (Å²) in [7, 11) is -6.45. The summed E-state index contributed by atoms with van der Waals surface area (Å²) in [6.07, 6.45) is 1.19. The van der Waals surface area contributed by atoms with Crippen LogP contribution in [0.1, 0.15) is 61.8 Å². The van der Waals surface area contributed by atoms with Gasteiger partial charge in [-0.25, -0.2) is 16.8 Å². The summed E-state index contributed by atoms with van der Waals surface area (Å²) < 4.78 is 74.7. The molecule has 1 aromatic heterocycles.